The SMILES string of the molecule is Cc1cn2cc(NC(=O)c3cnc(N(C)CCC(C=O)CNC4CC4)cn3)cc(F)c2n1. The molecule has 168 valence electrons. The molecule has 4 rings (SSSR count). The van der Waals surface area contributed by atoms with Gasteiger partial charge in [-0.05, 0) is 26.2 Å². The van der Waals surface area contributed by atoms with Crippen LogP contribution in [0.2, 0.25) is 0 Å². The number of aldehydes is 1. The summed E-state index contributed by atoms with van der Waals surface area (Å²) in [5.74, 6) is -0.467. The van der Waals surface area contributed by atoms with E-state index in [-0.39, 0.29) is 17.3 Å². The van der Waals surface area contributed by atoms with Crippen LogP contribution >= 0.6 is 0 Å². The Morgan fingerprint density at radius 1 is 1.34 bits per heavy atom. The van der Waals surface area contributed by atoms with E-state index in [0.717, 1.165) is 6.29 Å². The number of hydrogen-bond donors (Lipinski definition) is 2. The number of aryl methyl sites for hydroxylation is 1. The van der Waals surface area contributed by atoms with Gasteiger partial charge >= 0.3 is 0 Å². The number of anilines is 2. The highest BCUT2D eigenvalue weighted by Crippen LogP contribution is 2.19. The van der Waals surface area contributed by atoms with Gasteiger partial charge in [0.15, 0.2) is 11.5 Å². The first-order valence-corrected chi connectivity index (χ1v) is 10.6. The lowest BCUT2D eigenvalue weighted by molar-refractivity contribution is -0.111. The maximum absolute atomic E-state index is 14.2. The van der Waals surface area contributed by atoms with Crippen molar-refractivity contribution in [1.82, 2.24) is 24.7 Å². The van der Waals surface area contributed by atoms with Gasteiger partial charge in [-0.3, -0.25) is 4.79 Å². The Kier molecular flexibility index (Phi) is 6.40. The molecule has 1 fully saturated rings. The Balaban J connectivity index is 1.34. The van der Waals surface area contributed by atoms with Crippen LogP contribution < -0.4 is 15.5 Å². The van der Waals surface area contributed by atoms with E-state index >= 15 is 0 Å². The minimum Gasteiger partial charge on any atom is -0.358 e. The zero-order valence-corrected chi connectivity index (χ0v) is 18.1. The van der Waals surface area contributed by atoms with E-state index in [2.05, 4.69) is 25.6 Å². The molecular formula is C22H26FN7O2. The van der Waals surface area contributed by atoms with Crippen LogP contribution in [0.15, 0.2) is 30.9 Å². The third-order valence-corrected chi connectivity index (χ3v) is 5.42. The summed E-state index contributed by atoms with van der Waals surface area (Å²) in [6, 6.07) is 1.79. The Hall–Kier alpha value is -3.40. The molecule has 1 saturated carbocycles. The maximum Gasteiger partial charge on any atom is 0.275 e. The summed E-state index contributed by atoms with van der Waals surface area (Å²) in [4.78, 5) is 38.3. The summed E-state index contributed by atoms with van der Waals surface area (Å²) in [5.41, 5.74) is 1.29. The van der Waals surface area contributed by atoms with Gasteiger partial charge in [0.2, 0.25) is 0 Å². The number of nitrogens with zero attached hydrogens (tertiary/aromatic N) is 5. The van der Waals surface area contributed by atoms with Crippen molar-refractivity contribution in [2.45, 2.75) is 32.2 Å². The van der Waals surface area contributed by atoms with Gasteiger partial charge in [0.25, 0.3) is 5.91 Å². The van der Waals surface area contributed by atoms with Crippen molar-refractivity contribution < 1.29 is 14.0 Å². The summed E-state index contributed by atoms with van der Waals surface area (Å²) >= 11 is 0. The number of carbonyl (C=O) groups is 2. The molecule has 2 N–H and O–H groups in total. The molecule has 0 radical (unpaired) electrons. The lowest BCUT2D eigenvalue weighted by Crippen LogP contribution is -2.29. The molecule has 9 nitrogen and oxygen atoms in total. The number of fused-ring (bicyclic) bond motifs is 1. The molecule has 1 aliphatic carbocycles. The second kappa shape index (κ2) is 9.39. The van der Waals surface area contributed by atoms with Crippen molar-refractivity contribution >= 4 is 29.3 Å². The van der Waals surface area contributed by atoms with Crippen LogP contribution in [0, 0.1) is 18.7 Å². The molecule has 0 spiro atoms. The largest absolute Gasteiger partial charge is 0.358 e. The van der Waals surface area contributed by atoms with Gasteiger partial charge in [0.1, 0.15) is 17.8 Å². The van der Waals surface area contributed by atoms with Crippen LogP contribution in [0.1, 0.15) is 35.4 Å². The number of amides is 1. The third kappa shape index (κ3) is 5.25. The van der Waals surface area contributed by atoms with Gasteiger partial charge in [0.05, 0.1) is 23.8 Å². The number of pyridine rings is 1. The van der Waals surface area contributed by atoms with E-state index in [1.807, 2.05) is 11.9 Å². The van der Waals surface area contributed by atoms with E-state index in [1.54, 1.807) is 19.3 Å². The molecule has 0 aromatic carbocycles. The highest BCUT2D eigenvalue weighted by Gasteiger charge is 2.22. The summed E-state index contributed by atoms with van der Waals surface area (Å²) in [5, 5.41) is 6.01. The molecule has 1 aliphatic rings. The molecule has 1 unspecified atom stereocenters. The highest BCUT2D eigenvalue weighted by atomic mass is 19.1. The highest BCUT2D eigenvalue weighted by molar-refractivity contribution is 6.02. The molecule has 0 aliphatic heterocycles. The second-order valence-electron chi connectivity index (χ2n) is 8.19. The second-order valence-corrected chi connectivity index (χ2v) is 8.19. The van der Waals surface area contributed by atoms with Gasteiger partial charge in [-0.2, -0.15) is 0 Å². The minimum absolute atomic E-state index is 0.0481. The van der Waals surface area contributed by atoms with Crippen LogP contribution in [-0.4, -0.2) is 57.7 Å². The Labute approximate surface area is 185 Å². The first kappa shape index (κ1) is 21.8. The summed E-state index contributed by atoms with van der Waals surface area (Å²) in [6.45, 7) is 3.10. The van der Waals surface area contributed by atoms with Crippen molar-refractivity contribution in [2.75, 3.05) is 30.4 Å². The summed E-state index contributed by atoms with van der Waals surface area (Å²) < 4.78 is 15.7. The van der Waals surface area contributed by atoms with Crippen molar-refractivity contribution in [1.29, 1.82) is 0 Å². The van der Waals surface area contributed by atoms with Crippen molar-refractivity contribution in [3.8, 4) is 0 Å². The monoisotopic (exact) mass is 439 g/mol. The average molecular weight is 439 g/mol. The van der Waals surface area contributed by atoms with Gasteiger partial charge in [-0.15, -0.1) is 0 Å². The van der Waals surface area contributed by atoms with Gasteiger partial charge in [-0.1, -0.05) is 0 Å². The molecule has 0 saturated heterocycles. The van der Waals surface area contributed by atoms with E-state index in [0.29, 0.717) is 42.8 Å². The Morgan fingerprint density at radius 2 is 2.16 bits per heavy atom. The number of hydrogen-bond acceptors (Lipinski definition) is 7. The number of nitrogens with one attached hydrogen (secondary N) is 2. The number of halogens is 1. The molecule has 3 heterocycles. The van der Waals surface area contributed by atoms with Crippen molar-refractivity contribution in [3.05, 3.63) is 48.1 Å². The first-order valence-electron chi connectivity index (χ1n) is 10.6. The van der Waals surface area contributed by atoms with Crippen LogP contribution in [0.4, 0.5) is 15.9 Å². The fourth-order valence-corrected chi connectivity index (χ4v) is 3.38. The number of aromatic nitrogens is 4. The molecule has 3 aromatic rings. The lowest BCUT2D eigenvalue weighted by atomic mass is 10.1. The van der Waals surface area contributed by atoms with Gasteiger partial charge in [-0.25, -0.2) is 19.3 Å². The fourth-order valence-electron chi connectivity index (χ4n) is 3.38. The zero-order valence-electron chi connectivity index (χ0n) is 18.1. The van der Waals surface area contributed by atoms with E-state index < -0.39 is 11.7 Å². The van der Waals surface area contributed by atoms with E-state index in [4.69, 9.17) is 0 Å². The maximum atomic E-state index is 14.2. The van der Waals surface area contributed by atoms with Crippen LogP contribution in [0.25, 0.3) is 5.65 Å². The summed E-state index contributed by atoms with van der Waals surface area (Å²) in [7, 11) is 1.87. The predicted octanol–water partition coefficient (Wildman–Crippen LogP) is 2.22. The molecule has 3 aromatic heterocycles. The number of imidazole rings is 1. The molecule has 1 atom stereocenters. The third-order valence-electron chi connectivity index (χ3n) is 5.42. The number of carbonyl (C=O) groups excluding carboxylic acids is 2. The Morgan fingerprint density at radius 3 is 2.84 bits per heavy atom. The molecule has 32 heavy (non-hydrogen) atoms. The number of rotatable bonds is 10. The van der Waals surface area contributed by atoms with Gasteiger partial charge < -0.3 is 24.7 Å². The van der Waals surface area contributed by atoms with E-state index in [9.17, 15) is 14.0 Å². The van der Waals surface area contributed by atoms with Gasteiger partial charge in [0, 0.05) is 50.6 Å². The molecule has 0 bridgehead atoms. The van der Waals surface area contributed by atoms with Crippen LogP contribution in [-0.2, 0) is 4.79 Å². The first-order chi connectivity index (χ1) is 15.4. The van der Waals surface area contributed by atoms with Crippen molar-refractivity contribution in [3.63, 3.8) is 0 Å². The smallest absolute Gasteiger partial charge is 0.275 e. The molecular weight excluding hydrogens is 413 g/mol. The average Bonchev–Trinajstić information content (AvgIpc) is 3.53. The standard InChI is InChI=1S/C22H26FN7O2/c1-14-11-30-12-17(7-18(23)21(30)27-14)28-22(32)19-9-26-20(10-25-19)29(2)6-5-15(13-31)8-24-16-3-4-16/h7,9-13,15-16,24H,3-6,8H2,1-2H3,(H,28,32). The fraction of sp³-hybridized carbons (Fsp3) is 0.409. The quantitative estimate of drug-likeness (QED) is 0.467. The topological polar surface area (TPSA) is 105 Å². The predicted molar refractivity (Wildman–Crippen MR) is 118 cm³/mol. The minimum atomic E-state index is -0.528. The molecule has 10 heteroatoms. The normalized spacial score (nSPS) is 14.3. The Bertz CT molecular complexity index is 1110. The van der Waals surface area contributed by atoms with Crippen LogP contribution in [0.5, 0.6) is 0 Å². The zero-order chi connectivity index (χ0) is 22.7. The van der Waals surface area contributed by atoms with E-state index in [1.165, 1.54) is 35.7 Å². The van der Waals surface area contributed by atoms with Crippen molar-refractivity contribution in [2.24, 2.45) is 5.92 Å². The lowest BCUT2D eigenvalue weighted by Gasteiger charge is -2.20. The van der Waals surface area contributed by atoms with Crippen LogP contribution in [0.3, 0.4) is 0 Å². The summed E-state index contributed by atoms with van der Waals surface area (Å²) in [6.07, 6.45) is 10.2. The molecule has 1 amide bonds.